The van der Waals surface area contributed by atoms with Gasteiger partial charge in [0, 0.05) is 17.9 Å². The van der Waals surface area contributed by atoms with Gasteiger partial charge in [0.05, 0.1) is 0 Å². The number of carbonyl (C=O) groups excluding carboxylic acids is 1. The van der Waals surface area contributed by atoms with E-state index in [4.69, 9.17) is 0 Å². The molecule has 2 aromatic rings. The predicted octanol–water partition coefficient (Wildman–Crippen LogP) is 4.26. The third-order valence-corrected chi connectivity index (χ3v) is 5.39. The van der Waals surface area contributed by atoms with Gasteiger partial charge in [-0.05, 0) is 65.1 Å². The summed E-state index contributed by atoms with van der Waals surface area (Å²) in [6.07, 6.45) is 5.39. The largest absolute Gasteiger partial charge is 0.294 e. The lowest BCUT2D eigenvalue weighted by atomic mass is 9.79. The van der Waals surface area contributed by atoms with Crippen LogP contribution >= 0.6 is 0 Å². The van der Waals surface area contributed by atoms with Crippen molar-refractivity contribution in [3.8, 4) is 11.1 Å². The first kappa shape index (κ1) is 10.8. The third-order valence-electron chi connectivity index (χ3n) is 5.39. The van der Waals surface area contributed by atoms with Crippen molar-refractivity contribution >= 4 is 5.78 Å². The van der Waals surface area contributed by atoms with Crippen LogP contribution in [0.1, 0.15) is 57.8 Å². The van der Waals surface area contributed by atoms with E-state index in [0.29, 0.717) is 11.7 Å². The van der Waals surface area contributed by atoms with Crippen molar-refractivity contribution in [1.29, 1.82) is 0 Å². The van der Waals surface area contributed by atoms with Crippen LogP contribution in [0, 0.1) is 0 Å². The third kappa shape index (κ3) is 1.17. The molecule has 0 amide bonds. The van der Waals surface area contributed by atoms with Gasteiger partial charge in [-0.15, -0.1) is 0 Å². The molecule has 20 heavy (non-hydrogen) atoms. The first-order chi connectivity index (χ1) is 9.84. The molecule has 3 aliphatic carbocycles. The summed E-state index contributed by atoms with van der Waals surface area (Å²) in [4.78, 5) is 12.1. The Balaban J connectivity index is 1.91. The van der Waals surface area contributed by atoms with E-state index in [1.165, 1.54) is 47.1 Å². The molecule has 1 atom stereocenters. The van der Waals surface area contributed by atoms with Gasteiger partial charge in [-0.1, -0.05) is 24.3 Å². The minimum Gasteiger partial charge on any atom is -0.294 e. The highest BCUT2D eigenvalue weighted by atomic mass is 16.1. The zero-order valence-electron chi connectivity index (χ0n) is 11.4. The highest BCUT2D eigenvalue weighted by Crippen LogP contribution is 2.53. The lowest BCUT2D eigenvalue weighted by molar-refractivity contribution is 0.0994. The number of ketones is 1. The SMILES string of the molecule is O=C1CCc2c1cc1c3c2CCCC3c2ccccc2-1. The van der Waals surface area contributed by atoms with E-state index in [9.17, 15) is 4.79 Å². The number of rotatable bonds is 0. The predicted molar refractivity (Wildman–Crippen MR) is 79.3 cm³/mol. The molecule has 5 rings (SSSR count). The van der Waals surface area contributed by atoms with E-state index in [-0.39, 0.29) is 0 Å². The van der Waals surface area contributed by atoms with Gasteiger partial charge in [0.2, 0.25) is 0 Å². The van der Waals surface area contributed by atoms with Crippen molar-refractivity contribution < 1.29 is 4.79 Å². The maximum atomic E-state index is 12.1. The van der Waals surface area contributed by atoms with E-state index in [1.54, 1.807) is 5.56 Å². The minimum absolute atomic E-state index is 0.352. The van der Waals surface area contributed by atoms with Crippen molar-refractivity contribution in [2.45, 2.75) is 38.0 Å². The Morgan fingerprint density at radius 1 is 0.900 bits per heavy atom. The van der Waals surface area contributed by atoms with Gasteiger partial charge < -0.3 is 0 Å². The van der Waals surface area contributed by atoms with Crippen LogP contribution in [-0.4, -0.2) is 5.78 Å². The molecule has 0 bridgehead atoms. The summed E-state index contributed by atoms with van der Waals surface area (Å²) in [7, 11) is 0. The van der Waals surface area contributed by atoms with Gasteiger partial charge in [0.1, 0.15) is 0 Å². The molecule has 1 heteroatoms. The molecule has 1 unspecified atom stereocenters. The fourth-order valence-corrected chi connectivity index (χ4v) is 4.60. The Kier molecular flexibility index (Phi) is 1.95. The Bertz CT molecular complexity index is 770. The molecule has 0 aromatic heterocycles. The summed E-state index contributed by atoms with van der Waals surface area (Å²) in [5.74, 6) is 0.941. The standard InChI is InChI=1S/C19H16O/c20-18-9-8-13-15-7-3-6-14-11-4-1-2-5-12(11)17(19(14)15)10-16(13)18/h1-2,4-5,10,14H,3,6-9H2. The van der Waals surface area contributed by atoms with Crippen molar-refractivity contribution in [1.82, 2.24) is 0 Å². The van der Waals surface area contributed by atoms with Crippen LogP contribution in [0.4, 0.5) is 0 Å². The molecule has 0 spiro atoms. The van der Waals surface area contributed by atoms with Gasteiger partial charge in [-0.3, -0.25) is 4.79 Å². The molecular weight excluding hydrogens is 244 g/mol. The van der Waals surface area contributed by atoms with Crippen LogP contribution < -0.4 is 0 Å². The monoisotopic (exact) mass is 260 g/mol. The molecule has 0 saturated carbocycles. The molecule has 0 fully saturated rings. The highest BCUT2D eigenvalue weighted by Gasteiger charge is 2.37. The van der Waals surface area contributed by atoms with Crippen molar-refractivity contribution in [3.05, 3.63) is 58.1 Å². The minimum atomic E-state index is 0.352. The normalized spacial score (nSPS) is 21.6. The van der Waals surface area contributed by atoms with Crippen LogP contribution in [0.2, 0.25) is 0 Å². The fraction of sp³-hybridized carbons (Fsp3) is 0.316. The smallest absolute Gasteiger partial charge is 0.163 e. The van der Waals surface area contributed by atoms with Gasteiger partial charge in [0.15, 0.2) is 5.78 Å². The summed E-state index contributed by atoms with van der Waals surface area (Å²) in [6.45, 7) is 0. The summed E-state index contributed by atoms with van der Waals surface area (Å²) >= 11 is 0. The molecule has 0 radical (unpaired) electrons. The Morgan fingerprint density at radius 2 is 1.80 bits per heavy atom. The average Bonchev–Trinajstić information content (AvgIpc) is 3.02. The number of hydrogen-bond donors (Lipinski definition) is 0. The van der Waals surface area contributed by atoms with Crippen LogP contribution in [0.15, 0.2) is 30.3 Å². The van der Waals surface area contributed by atoms with Gasteiger partial charge in [0.25, 0.3) is 0 Å². The summed E-state index contributed by atoms with van der Waals surface area (Å²) < 4.78 is 0. The first-order valence-corrected chi connectivity index (χ1v) is 7.66. The number of carbonyl (C=O) groups is 1. The molecule has 1 nitrogen and oxygen atoms in total. The van der Waals surface area contributed by atoms with Gasteiger partial charge in [-0.2, -0.15) is 0 Å². The summed E-state index contributed by atoms with van der Waals surface area (Å²) in [5, 5.41) is 0. The molecule has 2 aromatic carbocycles. The number of Topliss-reactive ketones (excluding diaryl/α,β-unsaturated/α-hetero) is 1. The van der Waals surface area contributed by atoms with Gasteiger partial charge in [-0.25, -0.2) is 0 Å². The highest BCUT2D eigenvalue weighted by molar-refractivity contribution is 6.03. The quantitative estimate of drug-likeness (QED) is 0.691. The van der Waals surface area contributed by atoms with Crippen LogP contribution in [0.25, 0.3) is 11.1 Å². The molecule has 98 valence electrons. The maximum absolute atomic E-state index is 12.1. The maximum Gasteiger partial charge on any atom is 0.163 e. The Morgan fingerprint density at radius 3 is 2.75 bits per heavy atom. The molecular formula is C19H16O. The zero-order valence-corrected chi connectivity index (χ0v) is 11.4. The topological polar surface area (TPSA) is 17.1 Å². The van der Waals surface area contributed by atoms with Gasteiger partial charge >= 0.3 is 0 Å². The van der Waals surface area contributed by atoms with E-state index >= 15 is 0 Å². The first-order valence-electron chi connectivity index (χ1n) is 7.66. The lowest BCUT2D eigenvalue weighted by Crippen LogP contribution is -2.11. The van der Waals surface area contributed by atoms with E-state index in [0.717, 1.165) is 18.4 Å². The second-order valence-electron chi connectivity index (χ2n) is 6.30. The summed E-state index contributed by atoms with van der Waals surface area (Å²) in [5.41, 5.74) is 9.70. The molecule has 0 aliphatic heterocycles. The second kappa shape index (κ2) is 3.60. The van der Waals surface area contributed by atoms with Crippen LogP contribution in [-0.2, 0) is 12.8 Å². The van der Waals surface area contributed by atoms with E-state index in [2.05, 4.69) is 30.3 Å². The Hall–Kier alpha value is -1.89. The average molecular weight is 260 g/mol. The number of fused-ring (bicyclic) bond motifs is 5. The van der Waals surface area contributed by atoms with Crippen LogP contribution in [0.5, 0.6) is 0 Å². The molecule has 0 saturated heterocycles. The molecule has 0 heterocycles. The Labute approximate surface area is 118 Å². The van der Waals surface area contributed by atoms with E-state index in [1.807, 2.05) is 0 Å². The molecule has 0 N–H and O–H groups in total. The second-order valence-corrected chi connectivity index (χ2v) is 6.30. The van der Waals surface area contributed by atoms with Crippen LogP contribution in [0.3, 0.4) is 0 Å². The number of hydrogen-bond acceptors (Lipinski definition) is 1. The fourth-order valence-electron chi connectivity index (χ4n) is 4.60. The zero-order chi connectivity index (χ0) is 13.3. The van der Waals surface area contributed by atoms with E-state index < -0.39 is 0 Å². The molecule has 3 aliphatic rings. The summed E-state index contributed by atoms with van der Waals surface area (Å²) in [6, 6.07) is 11.0. The lowest BCUT2D eigenvalue weighted by Gasteiger charge is -2.25. The number of benzene rings is 2. The van der Waals surface area contributed by atoms with Crippen molar-refractivity contribution in [2.75, 3.05) is 0 Å². The van der Waals surface area contributed by atoms with Crippen molar-refractivity contribution in [3.63, 3.8) is 0 Å². The van der Waals surface area contributed by atoms with Crippen molar-refractivity contribution in [2.24, 2.45) is 0 Å².